The van der Waals surface area contributed by atoms with Gasteiger partial charge in [0.15, 0.2) is 0 Å². The number of phenolic OH excluding ortho intramolecular Hbond substituents is 1. The molecule has 1 aromatic rings. The Morgan fingerprint density at radius 2 is 1.82 bits per heavy atom. The Balaban J connectivity index is 2.51. The molecule has 3 nitrogen and oxygen atoms in total. The van der Waals surface area contributed by atoms with E-state index in [2.05, 4.69) is 10.2 Å². The number of nitrogens with zero attached hydrogens (tertiary/aromatic N) is 2. The second-order valence-corrected chi connectivity index (χ2v) is 4.27. The van der Waals surface area contributed by atoms with Gasteiger partial charge in [0.25, 0.3) is 0 Å². The summed E-state index contributed by atoms with van der Waals surface area (Å²) in [5, 5.41) is 16.0. The van der Waals surface area contributed by atoms with Gasteiger partial charge in [0.05, 0.1) is 5.56 Å². The Bertz CT molecular complexity index is 474. The number of alkyl halides is 3. The van der Waals surface area contributed by atoms with Crippen molar-refractivity contribution in [3.8, 4) is 5.75 Å². The standard InChI is InChI=1S/C11H11F3N2O/c1-6(2)7-4-3-5-8(9(7)17)10(15-16-10)11(12,13)14/h3-6,17H,1-2H3. The number of phenols is 1. The van der Waals surface area contributed by atoms with Crippen molar-refractivity contribution in [1.82, 2.24) is 0 Å². The zero-order valence-corrected chi connectivity index (χ0v) is 9.28. The van der Waals surface area contributed by atoms with Gasteiger partial charge in [0.2, 0.25) is 0 Å². The smallest absolute Gasteiger partial charge is 0.442 e. The minimum absolute atomic E-state index is 0.0704. The summed E-state index contributed by atoms with van der Waals surface area (Å²) in [4.78, 5) is 0. The van der Waals surface area contributed by atoms with Crippen molar-refractivity contribution in [3.05, 3.63) is 29.3 Å². The van der Waals surface area contributed by atoms with Gasteiger partial charge in [-0.05, 0) is 11.5 Å². The molecule has 0 bridgehead atoms. The van der Waals surface area contributed by atoms with E-state index in [1.807, 2.05) is 0 Å². The first kappa shape index (κ1) is 11.9. The molecule has 0 radical (unpaired) electrons. The molecule has 0 spiro atoms. The van der Waals surface area contributed by atoms with Gasteiger partial charge < -0.3 is 5.11 Å². The van der Waals surface area contributed by atoms with Crippen molar-refractivity contribution in [2.24, 2.45) is 10.2 Å². The molecule has 0 amide bonds. The molecule has 0 atom stereocenters. The number of para-hydroxylation sites is 1. The van der Waals surface area contributed by atoms with Gasteiger partial charge in [-0.3, -0.25) is 0 Å². The molecule has 0 fully saturated rings. The lowest BCUT2D eigenvalue weighted by atomic mass is 9.94. The fourth-order valence-electron chi connectivity index (χ4n) is 1.73. The van der Waals surface area contributed by atoms with Crippen molar-refractivity contribution in [1.29, 1.82) is 0 Å². The number of hydrogen-bond acceptors (Lipinski definition) is 3. The highest BCUT2D eigenvalue weighted by Gasteiger charge is 2.66. The van der Waals surface area contributed by atoms with E-state index in [-0.39, 0.29) is 17.2 Å². The summed E-state index contributed by atoms with van der Waals surface area (Å²) in [6.07, 6.45) is -4.61. The third kappa shape index (κ3) is 1.67. The summed E-state index contributed by atoms with van der Waals surface area (Å²) in [7, 11) is 0. The summed E-state index contributed by atoms with van der Waals surface area (Å²) in [6.45, 7) is 3.58. The molecular formula is C11H11F3N2O. The summed E-state index contributed by atoms with van der Waals surface area (Å²) in [5.41, 5.74) is -2.39. The van der Waals surface area contributed by atoms with Crippen LogP contribution in [-0.2, 0) is 5.66 Å². The van der Waals surface area contributed by atoms with Gasteiger partial charge in [-0.1, -0.05) is 32.0 Å². The van der Waals surface area contributed by atoms with Crippen LogP contribution in [0.3, 0.4) is 0 Å². The molecule has 0 saturated carbocycles. The first-order valence-corrected chi connectivity index (χ1v) is 5.13. The Morgan fingerprint density at radius 1 is 1.24 bits per heavy atom. The summed E-state index contributed by atoms with van der Waals surface area (Å²) in [5.74, 6) is -0.441. The first-order chi connectivity index (χ1) is 7.79. The van der Waals surface area contributed by atoms with Crippen LogP contribution in [0.5, 0.6) is 5.75 Å². The molecule has 2 rings (SSSR count). The topological polar surface area (TPSA) is 45.0 Å². The number of hydrogen-bond donors (Lipinski definition) is 1. The van der Waals surface area contributed by atoms with Crippen molar-refractivity contribution >= 4 is 0 Å². The molecule has 17 heavy (non-hydrogen) atoms. The van der Waals surface area contributed by atoms with Crippen LogP contribution in [0.25, 0.3) is 0 Å². The lowest BCUT2D eigenvalue weighted by molar-refractivity contribution is -0.166. The van der Waals surface area contributed by atoms with Crippen LogP contribution < -0.4 is 0 Å². The average Bonchev–Trinajstić information content (AvgIpc) is 2.97. The van der Waals surface area contributed by atoms with Crippen LogP contribution in [0.15, 0.2) is 28.4 Å². The highest BCUT2D eigenvalue weighted by Crippen LogP contribution is 2.55. The normalized spacial score (nSPS) is 17.5. The lowest BCUT2D eigenvalue weighted by Gasteiger charge is -2.18. The highest BCUT2D eigenvalue weighted by atomic mass is 19.4. The molecule has 1 N–H and O–H groups in total. The second-order valence-electron chi connectivity index (χ2n) is 4.27. The van der Waals surface area contributed by atoms with E-state index in [0.717, 1.165) is 0 Å². The van der Waals surface area contributed by atoms with Crippen LogP contribution in [0, 0.1) is 0 Å². The van der Waals surface area contributed by atoms with E-state index >= 15 is 0 Å². The van der Waals surface area contributed by atoms with Crippen molar-refractivity contribution in [3.63, 3.8) is 0 Å². The van der Waals surface area contributed by atoms with Gasteiger partial charge in [0.1, 0.15) is 5.75 Å². The van der Waals surface area contributed by atoms with Gasteiger partial charge in [0, 0.05) is 0 Å². The number of benzene rings is 1. The van der Waals surface area contributed by atoms with Gasteiger partial charge in [-0.25, -0.2) is 0 Å². The average molecular weight is 244 g/mol. The molecule has 0 saturated heterocycles. The summed E-state index contributed by atoms with van der Waals surface area (Å²) in [6, 6.07) is 4.27. The Labute approximate surface area is 96.0 Å². The maximum absolute atomic E-state index is 12.8. The lowest BCUT2D eigenvalue weighted by Crippen LogP contribution is -2.30. The SMILES string of the molecule is CC(C)c1cccc(C2(C(F)(F)F)N=N2)c1O. The fourth-order valence-corrected chi connectivity index (χ4v) is 1.73. The highest BCUT2D eigenvalue weighted by molar-refractivity contribution is 5.48. The molecule has 0 unspecified atom stereocenters. The van der Waals surface area contributed by atoms with Gasteiger partial charge in [-0.2, -0.15) is 13.2 Å². The van der Waals surface area contributed by atoms with E-state index in [0.29, 0.717) is 5.56 Å². The number of rotatable bonds is 2. The molecule has 92 valence electrons. The predicted octanol–water partition coefficient (Wildman–Crippen LogP) is 3.70. The number of aromatic hydroxyl groups is 1. The monoisotopic (exact) mass is 244 g/mol. The maximum Gasteiger partial charge on any atom is 0.442 e. The van der Waals surface area contributed by atoms with Crippen molar-refractivity contribution in [2.45, 2.75) is 31.6 Å². The molecule has 0 aliphatic carbocycles. The van der Waals surface area contributed by atoms with E-state index in [1.54, 1.807) is 19.9 Å². The van der Waals surface area contributed by atoms with Gasteiger partial charge in [-0.15, -0.1) is 10.2 Å². The zero-order chi connectivity index (χ0) is 12.8. The third-order valence-corrected chi connectivity index (χ3v) is 2.76. The van der Waals surface area contributed by atoms with E-state index < -0.39 is 11.8 Å². The zero-order valence-electron chi connectivity index (χ0n) is 9.28. The van der Waals surface area contributed by atoms with E-state index in [4.69, 9.17) is 0 Å². The molecule has 6 heteroatoms. The molecule has 1 aromatic carbocycles. The Kier molecular flexibility index (Phi) is 2.41. The van der Waals surface area contributed by atoms with Crippen LogP contribution in [0.1, 0.15) is 30.9 Å². The number of halogens is 3. The van der Waals surface area contributed by atoms with Crippen molar-refractivity contribution in [2.75, 3.05) is 0 Å². The molecule has 1 aliphatic heterocycles. The van der Waals surface area contributed by atoms with E-state index in [9.17, 15) is 18.3 Å². The Hall–Kier alpha value is -1.59. The minimum Gasteiger partial charge on any atom is -0.507 e. The molecular weight excluding hydrogens is 233 g/mol. The Morgan fingerprint density at radius 3 is 2.24 bits per heavy atom. The van der Waals surface area contributed by atoms with Crippen molar-refractivity contribution < 1.29 is 18.3 Å². The van der Waals surface area contributed by atoms with Crippen LogP contribution >= 0.6 is 0 Å². The first-order valence-electron chi connectivity index (χ1n) is 5.13. The quantitative estimate of drug-likeness (QED) is 0.847. The third-order valence-electron chi connectivity index (χ3n) is 2.76. The van der Waals surface area contributed by atoms with Crippen LogP contribution in [0.4, 0.5) is 13.2 Å². The largest absolute Gasteiger partial charge is 0.507 e. The minimum atomic E-state index is -4.61. The summed E-state index contributed by atoms with van der Waals surface area (Å²) < 4.78 is 38.4. The van der Waals surface area contributed by atoms with E-state index in [1.165, 1.54) is 12.1 Å². The second kappa shape index (κ2) is 3.45. The molecule has 1 aliphatic rings. The molecule has 1 heterocycles. The molecule has 0 aromatic heterocycles. The fraction of sp³-hybridized carbons (Fsp3) is 0.455. The predicted molar refractivity (Wildman–Crippen MR) is 54.8 cm³/mol. The summed E-state index contributed by atoms with van der Waals surface area (Å²) >= 11 is 0. The maximum atomic E-state index is 12.8. The van der Waals surface area contributed by atoms with Gasteiger partial charge >= 0.3 is 11.8 Å². The van der Waals surface area contributed by atoms with Crippen LogP contribution in [-0.4, -0.2) is 11.3 Å². The van der Waals surface area contributed by atoms with Crippen LogP contribution in [0.2, 0.25) is 0 Å².